The van der Waals surface area contributed by atoms with Crippen molar-refractivity contribution in [2.24, 2.45) is 0 Å². The van der Waals surface area contributed by atoms with Crippen LogP contribution in [0.4, 0.5) is 0 Å². The largest absolute Gasteiger partial charge is 0.306 e. The molecular formula is C17H20N4S2. The van der Waals surface area contributed by atoms with Crippen LogP contribution >= 0.6 is 23.1 Å². The van der Waals surface area contributed by atoms with Crippen molar-refractivity contribution in [2.45, 2.75) is 44.6 Å². The predicted molar refractivity (Wildman–Crippen MR) is 96.9 cm³/mol. The van der Waals surface area contributed by atoms with Gasteiger partial charge in [0, 0.05) is 23.2 Å². The zero-order valence-corrected chi connectivity index (χ0v) is 15.2. The van der Waals surface area contributed by atoms with Crippen LogP contribution in [0.1, 0.15) is 30.4 Å². The highest BCUT2D eigenvalue weighted by atomic mass is 32.2. The lowest BCUT2D eigenvalue weighted by Crippen LogP contribution is -2.01. The van der Waals surface area contributed by atoms with E-state index in [1.807, 2.05) is 6.92 Å². The molecule has 6 heteroatoms. The maximum atomic E-state index is 4.78. The average molecular weight is 345 g/mol. The fraction of sp³-hybridized carbons (Fsp3) is 0.353. The molecule has 0 amide bonds. The van der Waals surface area contributed by atoms with Crippen molar-refractivity contribution in [1.82, 2.24) is 19.7 Å². The molecule has 0 spiro atoms. The topological polar surface area (TPSA) is 43.6 Å². The Bertz CT molecular complexity index is 791. The van der Waals surface area contributed by atoms with Crippen molar-refractivity contribution in [2.75, 3.05) is 0 Å². The predicted octanol–water partition coefficient (Wildman–Crippen LogP) is 4.72. The minimum absolute atomic E-state index is 0.824. The third kappa shape index (κ3) is 3.64. The van der Waals surface area contributed by atoms with Crippen LogP contribution in [0.5, 0.6) is 0 Å². The molecule has 0 fully saturated rings. The molecule has 2 heterocycles. The van der Waals surface area contributed by atoms with Crippen LogP contribution in [0.3, 0.4) is 0 Å². The monoisotopic (exact) mass is 344 g/mol. The van der Waals surface area contributed by atoms with Crippen molar-refractivity contribution in [3.63, 3.8) is 0 Å². The average Bonchev–Trinajstić information content (AvgIpc) is 3.14. The summed E-state index contributed by atoms with van der Waals surface area (Å²) in [6, 6.07) is 8.38. The van der Waals surface area contributed by atoms with Gasteiger partial charge in [-0.2, -0.15) is 0 Å². The summed E-state index contributed by atoms with van der Waals surface area (Å²) in [7, 11) is 0. The molecule has 0 saturated carbocycles. The van der Waals surface area contributed by atoms with Crippen LogP contribution in [-0.2, 0) is 12.3 Å². The van der Waals surface area contributed by atoms with E-state index in [0.717, 1.165) is 40.4 Å². The minimum atomic E-state index is 0.824. The summed E-state index contributed by atoms with van der Waals surface area (Å²) in [6.07, 6.45) is 1.08. The molecule has 0 unspecified atom stereocenters. The van der Waals surface area contributed by atoms with E-state index in [1.165, 1.54) is 11.1 Å². The molecule has 0 atom stereocenters. The van der Waals surface area contributed by atoms with Gasteiger partial charge in [-0.1, -0.05) is 43.0 Å². The molecule has 120 valence electrons. The highest BCUT2D eigenvalue weighted by Gasteiger charge is 2.11. The molecule has 4 nitrogen and oxygen atoms in total. The number of thiazole rings is 1. The van der Waals surface area contributed by atoms with E-state index in [1.54, 1.807) is 23.1 Å². The van der Waals surface area contributed by atoms with E-state index in [-0.39, 0.29) is 0 Å². The molecule has 0 aliphatic heterocycles. The lowest BCUT2D eigenvalue weighted by atomic mass is 10.1. The quantitative estimate of drug-likeness (QED) is 0.607. The first-order valence-corrected chi connectivity index (χ1v) is 9.58. The molecule has 0 N–H and O–H groups in total. The maximum Gasteiger partial charge on any atom is 0.191 e. The summed E-state index contributed by atoms with van der Waals surface area (Å²) in [6.45, 7) is 7.27. The molecule has 0 aliphatic carbocycles. The highest BCUT2D eigenvalue weighted by Crippen LogP contribution is 2.29. The molecule has 0 aliphatic rings. The van der Waals surface area contributed by atoms with Crippen molar-refractivity contribution in [3.05, 3.63) is 46.7 Å². The SMILES string of the molecule is CCCn1c(C)nnc1SCc1csc(-c2ccccc2C)n1. The lowest BCUT2D eigenvalue weighted by Gasteiger charge is -2.05. The molecule has 3 rings (SSSR count). The summed E-state index contributed by atoms with van der Waals surface area (Å²) in [4.78, 5) is 4.78. The van der Waals surface area contributed by atoms with Gasteiger partial charge in [0.05, 0.1) is 5.69 Å². The van der Waals surface area contributed by atoms with Crippen molar-refractivity contribution in [3.8, 4) is 10.6 Å². The molecule has 0 radical (unpaired) electrons. The van der Waals surface area contributed by atoms with Crippen LogP contribution in [0.25, 0.3) is 10.6 Å². The van der Waals surface area contributed by atoms with Crippen LogP contribution in [0, 0.1) is 13.8 Å². The normalized spacial score (nSPS) is 11.1. The van der Waals surface area contributed by atoms with Gasteiger partial charge in [0.25, 0.3) is 0 Å². The molecule has 2 aromatic heterocycles. The Labute approximate surface area is 145 Å². The molecular weight excluding hydrogens is 324 g/mol. The van der Waals surface area contributed by atoms with Crippen molar-refractivity contribution >= 4 is 23.1 Å². The Hall–Kier alpha value is -1.66. The molecule has 3 aromatic rings. The first-order chi connectivity index (χ1) is 11.2. The molecule has 1 aromatic carbocycles. The zero-order valence-electron chi connectivity index (χ0n) is 13.6. The Balaban J connectivity index is 1.72. The maximum absolute atomic E-state index is 4.78. The Morgan fingerprint density at radius 3 is 2.78 bits per heavy atom. The number of thioether (sulfide) groups is 1. The van der Waals surface area contributed by atoms with Crippen molar-refractivity contribution < 1.29 is 0 Å². The van der Waals surface area contributed by atoms with Gasteiger partial charge in [-0.15, -0.1) is 21.5 Å². The Morgan fingerprint density at radius 1 is 1.17 bits per heavy atom. The minimum Gasteiger partial charge on any atom is -0.306 e. The summed E-state index contributed by atoms with van der Waals surface area (Å²) < 4.78 is 2.18. The second-order valence-corrected chi connectivity index (χ2v) is 7.23. The fourth-order valence-corrected chi connectivity index (χ4v) is 4.32. The van der Waals surface area contributed by atoms with Gasteiger partial charge in [0.15, 0.2) is 5.16 Å². The van der Waals surface area contributed by atoms with Gasteiger partial charge in [-0.25, -0.2) is 4.98 Å². The van der Waals surface area contributed by atoms with E-state index in [9.17, 15) is 0 Å². The van der Waals surface area contributed by atoms with Gasteiger partial charge < -0.3 is 4.57 Å². The number of aromatic nitrogens is 4. The van der Waals surface area contributed by atoms with Crippen LogP contribution in [-0.4, -0.2) is 19.7 Å². The zero-order chi connectivity index (χ0) is 16.2. The lowest BCUT2D eigenvalue weighted by molar-refractivity contribution is 0.605. The van der Waals surface area contributed by atoms with E-state index >= 15 is 0 Å². The number of nitrogens with zero attached hydrogens (tertiary/aromatic N) is 4. The Morgan fingerprint density at radius 2 is 2.00 bits per heavy atom. The summed E-state index contributed by atoms with van der Waals surface area (Å²) in [5, 5.41) is 12.7. The van der Waals surface area contributed by atoms with Gasteiger partial charge in [-0.05, 0) is 25.8 Å². The summed E-state index contributed by atoms with van der Waals surface area (Å²) in [5.41, 5.74) is 3.58. The van der Waals surface area contributed by atoms with Gasteiger partial charge >= 0.3 is 0 Å². The number of hydrogen-bond acceptors (Lipinski definition) is 5. The van der Waals surface area contributed by atoms with E-state index < -0.39 is 0 Å². The van der Waals surface area contributed by atoms with Crippen molar-refractivity contribution in [1.29, 1.82) is 0 Å². The van der Waals surface area contributed by atoms with Crippen LogP contribution in [0.15, 0.2) is 34.8 Å². The third-order valence-corrected chi connectivity index (χ3v) is 5.55. The van der Waals surface area contributed by atoms with Gasteiger partial charge in [-0.3, -0.25) is 0 Å². The smallest absolute Gasteiger partial charge is 0.191 e. The molecule has 0 bridgehead atoms. The standard InChI is InChI=1S/C17H20N4S2/c1-4-9-21-13(3)19-20-17(21)23-11-14-10-22-16(18-14)15-8-6-5-7-12(15)2/h5-8,10H,4,9,11H2,1-3H3. The van der Waals surface area contributed by atoms with E-state index in [4.69, 9.17) is 4.98 Å². The number of benzene rings is 1. The second kappa shape index (κ2) is 7.27. The summed E-state index contributed by atoms with van der Waals surface area (Å²) >= 11 is 3.41. The van der Waals surface area contributed by atoms with Crippen LogP contribution < -0.4 is 0 Å². The second-order valence-electron chi connectivity index (χ2n) is 5.43. The number of aryl methyl sites for hydroxylation is 2. The number of rotatable bonds is 6. The van der Waals surface area contributed by atoms with Gasteiger partial charge in [0.2, 0.25) is 0 Å². The number of hydrogen-bond donors (Lipinski definition) is 0. The molecule has 23 heavy (non-hydrogen) atoms. The summed E-state index contributed by atoms with van der Waals surface area (Å²) in [5.74, 6) is 1.80. The first-order valence-electron chi connectivity index (χ1n) is 7.72. The highest BCUT2D eigenvalue weighted by molar-refractivity contribution is 7.98. The Kier molecular flexibility index (Phi) is 5.13. The van der Waals surface area contributed by atoms with Crippen LogP contribution in [0.2, 0.25) is 0 Å². The third-order valence-electron chi connectivity index (χ3n) is 3.63. The first kappa shape index (κ1) is 16.2. The fourth-order valence-electron chi connectivity index (χ4n) is 2.40. The van der Waals surface area contributed by atoms with E-state index in [2.05, 4.69) is 58.3 Å². The van der Waals surface area contributed by atoms with E-state index in [0.29, 0.717) is 0 Å². The van der Waals surface area contributed by atoms with Gasteiger partial charge in [0.1, 0.15) is 10.8 Å². The molecule has 0 saturated heterocycles.